The Balaban J connectivity index is 1.56. The van der Waals surface area contributed by atoms with Gasteiger partial charge in [0.1, 0.15) is 6.29 Å². The van der Waals surface area contributed by atoms with E-state index in [9.17, 15) is 14.4 Å². The van der Waals surface area contributed by atoms with E-state index in [2.05, 4.69) is 30.5 Å². The largest absolute Gasteiger partial charge is 0.361 e. The van der Waals surface area contributed by atoms with Gasteiger partial charge < -0.3 is 14.8 Å². The fourth-order valence-corrected chi connectivity index (χ4v) is 6.67. The lowest BCUT2D eigenvalue weighted by Gasteiger charge is -2.60. The van der Waals surface area contributed by atoms with Crippen molar-refractivity contribution in [3.8, 4) is 0 Å². The number of ketones is 1. The number of fused-ring (bicyclic) bond motifs is 1. The van der Waals surface area contributed by atoms with Crippen LogP contribution in [0.25, 0.3) is 0 Å². The van der Waals surface area contributed by atoms with Crippen LogP contribution in [0.5, 0.6) is 0 Å². The van der Waals surface area contributed by atoms with Gasteiger partial charge in [-0.25, -0.2) is 0 Å². The molecular formula is C22H27NO4. The maximum atomic E-state index is 13.5. The van der Waals surface area contributed by atoms with E-state index in [4.69, 9.17) is 4.74 Å². The summed E-state index contributed by atoms with van der Waals surface area (Å²) in [6.07, 6.45) is 11.1. The predicted molar refractivity (Wildman–Crippen MR) is 98.6 cm³/mol. The average Bonchev–Trinajstić information content (AvgIpc) is 3.45. The molecule has 1 heterocycles. The Hall–Kier alpha value is -1.75. The van der Waals surface area contributed by atoms with Crippen molar-refractivity contribution in [3.63, 3.8) is 0 Å². The second-order valence-corrected chi connectivity index (χ2v) is 9.53. The first-order valence-corrected chi connectivity index (χ1v) is 10.2. The molecule has 0 aromatic heterocycles. The number of hydrogen-bond donors (Lipinski definition) is 1. The molecule has 3 fully saturated rings. The van der Waals surface area contributed by atoms with Crippen LogP contribution in [0.1, 0.15) is 39.5 Å². The van der Waals surface area contributed by atoms with Gasteiger partial charge in [-0.3, -0.25) is 9.59 Å². The Morgan fingerprint density at radius 3 is 2.81 bits per heavy atom. The number of carbonyl (C=O) groups excluding carboxylic acids is 3. The van der Waals surface area contributed by atoms with Crippen molar-refractivity contribution in [1.29, 1.82) is 0 Å². The van der Waals surface area contributed by atoms with Crippen molar-refractivity contribution in [2.45, 2.75) is 45.1 Å². The molecule has 27 heavy (non-hydrogen) atoms. The fourth-order valence-electron chi connectivity index (χ4n) is 6.67. The Morgan fingerprint density at radius 2 is 2.15 bits per heavy atom. The maximum Gasteiger partial charge on any atom is 0.216 e. The van der Waals surface area contributed by atoms with Gasteiger partial charge in [-0.2, -0.15) is 0 Å². The van der Waals surface area contributed by atoms with E-state index >= 15 is 0 Å². The van der Waals surface area contributed by atoms with Gasteiger partial charge in [-0.1, -0.05) is 30.7 Å². The molecule has 0 aromatic rings. The number of amides is 1. The van der Waals surface area contributed by atoms with Crippen LogP contribution in [0.3, 0.4) is 0 Å². The molecule has 2 saturated carbocycles. The molecule has 0 unspecified atom stereocenters. The van der Waals surface area contributed by atoms with Crippen LogP contribution in [0.2, 0.25) is 0 Å². The highest BCUT2D eigenvalue weighted by atomic mass is 16.6. The van der Waals surface area contributed by atoms with Crippen LogP contribution >= 0.6 is 0 Å². The molecule has 5 aliphatic carbocycles. The van der Waals surface area contributed by atoms with Crippen LogP contribution in [-0.2, 0) is 19.1 Å². The third-order valence-electron chi connectivity index (χ3n) is 8.25. The first-order chi connectivity index (χ1) is 12.9. The van der Waals surface area contributed by atoms with Gasteiger partial charge in [-0.15, -0.1) is 0 Å². The molecule has 6 rings (SSSR count). The summed E-state index contributed by atoms with van der Waals surface area (Å²) in [5.41, 5.74) is -0.0868. The van der Waals surface area contributed by atoms with Crippen LogP contribution in [-0.4, -0.2) is 36.7 Å². The van der Waals surface area contributed by atoms with Gasteiger partial charge in [0.15, 0.2) is 11.4 Å². The first-order valence-electron chi connectivity index (χ1n) is 10.2. The number of rotatable bonds is 3. The molecule has 2 bridgehead atoms. The molecule has 1 saturated heterocycles. The monoisotopic (exact) mass is 369 g/mol. The number of carbonyl (C=O) groups is 3. The van der Waals surface area contributed by atoms with Crippen molar-refractivity contribution in [1.82, 2.24) is 5.32 Å². The van der Waals surface area contributed by atoms with E-state index in [1.54, 1.807) is 6.92 Å². The minimum Gasteiger partial charge on any atom is -0.361 e. The number of aldehydes is 1. The van der Waals surface area contributed by atoms with Gasteiger partial charge in [0, 0.05) is 25.3 Å². The van der Waals surface area contributed by atoms with Gasteiger partial charge in [-0.05, 0) is 42.9 Å². The average molecular weight is 369 g/mol. The van der Waals surface area contributed by atoms with Gasteiger partial charge in [0.2, 0.25) is 5.91 Å². The van der Waals surface area contributed by atoms with Crippen molar-refractivity contribution in [2.24, 2.45) is 34.5 Å². The number of Topliss-reactive ketones (excluding diaryl/α,β-unsaturated/α-hetero) is 1. The lowest BCUT2D eigenvalue weighted by atomic mass is 9.41. The maximum absolute atomic E-state index is 13.5. The zero-order valence-corrected chi connectivity index (χ0v) is 16.0. The minimum atomic E-state index is -0.721. The summed E-state index contributed by atoms with van der Waals surface area (Å²) < 4.78 is 5.68. The Morgan fingerprint density at radius 1 is 1.37 bits per heavy atom. The highest BCUT2D eigenvalue weighted by molar-refractivity contribution is 6.01. The molecule has 5 heteroatoms. The molecule has 144 valence electrons. The highest BCUT2D eigenvalue weighted by Gasteiger charge is 2.73. The summed E-state index contributed by atoms with van der Waals surface area (Å²) in [5, 5.41) is 3.00. The highest BCUT2D eigenvalue weighted by Crippen LogP contribution is 2.67. The molecule has 5 nitrogen and oxygen atoms in total. The summed E-state index contributed by atoms with van der Waals surface area (Å²) in [7, 11) is 0. The van der Waals surface area contributed by atoms with Crippen LogP contribution in [0, 0.1) is 34.5 Å². The molecule has 1 aliphatic heterocycles. The van der Waals surface area contributed by atoms with Crippen molar-refractivity contribution in [3.05, 3.63) is 23.8 Å². The second-order valence-electron chi connectivity index (χ2n) is 9.53. The van der Waals surface area contributed by atoms with Gasteiger partial charge in [0.25, 0.3) is 0 Å². The molecule has 1 amide bonds. The van der Waals surface area contributed by atoms with E-state index < -0.39 is 11.0 Å². The molecule has 1 N–H and O–H groups in total. The van der Waals surface area contributed by atoms with Crippen LogP contribution in [0.15, 0.2) is 23.8 Å². The summed E-state index contributed by atoms with van der Waals surface area (Å²) in [4.78, 5) is 37.2. The normalized spacial score (nSPS) is 49.3. The summed E-state index contributed by atoms with van der Waals surface area (Å²) in [6.45, 7) is 4.90. The summed E-state index contributed by atoms with van der Waals surface area (Å²) >= 11 is 0. The minimum absolute atomic E-state index is 0.0193. The third-order valence-corrected chi connectivity index (χ3v) is 8.25. The van der Waals surface area contributed by atoms with Crippen molar-refractivity contribution < 1.29 is 19.1 Å². The number of nitrogens with one attached hydrogen (secondary N) is 1. The fraction of sp³-hybridized carbons (Fsp3) is 0.682. The van der Waals surface area contributed by atoms with E-state index in [0.717, 1.165) is 25.5 Å². The van der Waals surface area contributed by atoms with Crippen molar-refractivity contribution >= 4 is 18.0 Å². The molecular weight excluding hydrogens is 342 g/mol. The molecule has 0 aromatic carbocycles. The number of allylic oxidation sites excluding steroid dienone is 3. The van der Waals surface area contributed by atoms with E-state index in [-0.39, 0.29) is 40.8 Å². The quantitative estimate of drug-likeness (QED) is 0.470. The van der Waals surface area contributed by atoms with Gasteiger partial charge >= 0.3 is 0 Å². The standard InChI is InChI=1S/C22H27NO4/c1-13(25)23-11-20(2)6-3-4-16-17(20)9-15(10-24)21-7-5-14(8-18(16)21)22(12-27-22)19(21)26/h4-5,7,10,14-15,17-18H,3,6,8-9,11-12H2,1-2H3,(H,23,25)/t14-,15-,17-,18-,20-,21-,22-/m0/s1. The van der Waals surface area contributed by atoms with Crippen molar-refractivity contribution in [2.75, 3.05) is 13.2 Å². The number of hydrogen-bond acceptors (Lipinski definition) is 4. The van der Waals surface area contributed by atoms with E-state index in [0.29, 0.717) is 19.6 Å². The Bertz CT molecular complexity index is 794. The lowest BCUT2D eigenvalue weighted by molar-refractivity contribution is -0.152. The molecule has 2 spiro atoms. The zero-order valence-electron chi connectivity index (χ0n) is 16.0. The third kappa shape index (κ3) is 2.06. The lowest BCUT2D eigenvalue weighted by Crippen LogP contribution is -2.64. The summed E-state index contributed by atoms with van der Waals surface area (Å²) in [5.74, 6) is 0.276. The molecule has 0 radical (unpaired) electrons. The van der Waals surface area contributed by atoms with E-state index in [1.807, 2.05) is 0 Å². The first kappa shape index (κ1) is 17.4. The Kier molecular flexibility index (Phi) is 3.47. The SMILES string of the molecule is CC(=O)NC[C@]1(C)CCC=C2[C@@H]1C[C@@H](C=O)[C@@]13C=C[C@@H](C[C@@H]21)[C@@]1(CO1)C3=O. The van der Waals surface area contributed by atoms with Crippen LogP contribution < -0.4 is 5.32 Å². The topological polar surface area (TPSA) is 75.8 Å². The smallest absolute Gasteiger partial charge is 0.216 e. The Labute approximate surface area is 159 Å². The summed E-state index contributed by atoms with van der Waals surface area (Å²) in [6, 6.07) is 0. The van der Waals surface area contributed by atoms with Crippen LogP contribution in [0.4, 0.5) is 0 Å². The number of ether oxygens (including phenoxy) is 1. The zero-order chi connectivity index (χ0) is 19.0. The molecule has 7 atom stereocenters. The number of epoxide rings is 1. The predicted octanol–water partition coefficient (Wildman–Crippen LogP) is 2.21. The van der Waals surface area contributed by atoms with Gasteiger partial charge in [0.05, 0.1) is 12.0 Å². The van der Waals surface area contributed by atoms with E-state index in [1.165, 1.54) is 5.57 Å². The second kappa shape index (κ2) is 5.40. The molecule has 6 aliphatic rings.